The molecule has 1 nitrogen and oxygen atoms in total. The van der Waals surface area contributed by atoms with E-state index in [0.29, 0.717) is 0 Å². The van der Waals surface area contributed by atoms with Gasteiger partial charge in [-0.2, -0.15) is 0 Å². The molecule has 1 aromatic heterocycles. The second-order valence-corrected chi connectivity index (χ2v) is 2.93. The zero-order valence-corrected chi connectivity index (χ0v) is 7.96. The number of nitrogens with zero attached hydrogens (tertiary/aromatic N) is 1. The van der Waals surface area contributed by atoms with Crippen molar-refractivity contribution in [2.45, 2.75) is 27.2 Å². The summed E-state index contributed by atoms with van der Waals surface area (Å²) in [6.07, 6.45) is 5.14. The molecule has 0 bridgehead atoms. The summed E-state index contributed by atoms with van der Waals surface area (Å²) in [6, 6.07) is 4.10. The molecular formula is C11H15N. The summed E-state index contributed by atoms with van der Waals surface area (Å²) in [4.78, 5) is 4.24. The summed E-state index contributed by atoms with van der Waals surface area (Å²) in [5, 5.41) is 0. The molecule has 0 aromatic carbocycles. The van der Waals surface area contributed by atoms with Crippen LogP contribution in [0.2, 0.25) is 0 Å². The molecule has 1 heterocycles. The van der Waals surface area contributed by atoms with Crippen LogP contribution in [0.3, 0.4) is 0 Å². The fourth-order valence-electron chi connectivity index (χ4n) is 1.32. The highest BCUT2D eigenvalue weighted by molar-refractivity contribution is 5.64. The third kappa shape index (κ3) is 1.94. The van der Waals surface area contributed by atoms with Gasteiger partial charge < -0.3 is 0 Å². The molecule has 0 N–H and O–H groups in total. The zero-order chi connectivity index (χ0) is 8.97. The summed E-state index contributed by atoms with van der Waals surface area (Å²) < 4.78 is 0. The van der Waals surface area contributed by atoms with E-state index >= 15 is 0 Å². The van der Waals surface area contributed by atoms with Gasteiger partial charge in [0.2, 0.25) is 0 Å². The Morgan fingerprint density at radius 2 is 2.33 bits per heavy atom. The monoisotopic (exact) mass is 161 g/mol. The van der Waals surface area contributed by atoms with Crippen LogP contribution in [0, 0.1) is 6.92 Å². The molecule has 0 atom stereocenters. The van der Waals surface area contributed by atoms with Crippen LogP contribution in [-0.2, 0) is 0 Å². The first-order valence-corrected chi connectivity index (χ1v) is 4.34. The van der Waals surface area contributed by atoms with E-state index in [4.69, 9.17) is 0 Å². The fraction of sp³-hybridized carbons (Fsp3) is 0.364. The van der Waals surface area contributed by atoms with E-state index in [9.17, 15) is 0 Å². The summed E-state index contributed by atoms with van der Waals surface area (Å²) in [5.74, 6) is 0. The maximum Gasteiger partial charge on any atom is 0.0447 e. The number of allylic oxidation sites excluding steroid dienone is 2. The van der Waals surface area contributed by atoms with Crippen LogP contribution in [0.25, 0.3) is 5.57 Å². The van der Waals surface area contributed by atoms with Crippen LogP contribution >= 0.6 is 0 Å². The van der Waals surface area contributed by atoms with Gasteiger partial charge in [-0.3, -0.25) is 4.98 Å². The van der Waals surface area contributed by atoms with Gasteiger partial charge in [0.15, 0.2) is 0 Å². The first kappa shape index (κ1) is 8.98. The van der Waals surface area contributed by atoms with Crippen LogP contribution in [0.5, 0.6) is 0 Å². The Balaban J connectivity index is 3.02. The lowest BCUT2D eigenvalue weighted by molar-refractivity contribution is 1.17. The Morgan fingerprint density at radius 1 is 1.58 bits per heavy atom. The molecule has 0 fully saturated rings. The van der Waals surface area contributed by atoms with Gasteiger partial charge in [-0.05, 0) is 37.5 Å². The first-order chi connectivity index (χ1) is 5.75. The number of hydrogen-bond donors (Lipinski definition) is 0. The van der Waals surface area contributed by atoms with E-state index in [1.807, 2.05) is 19.2 Å². The van der Waals surface area contributed by atoms with Crippen LogP contribution in [0.4, 0.5) is 0 Å². The second-order valence-electron chi connectivity index (χ2n) is 2.93. The lowest BCUT2D eigenvalue weighted by atomic mass is 10.1. The van der Waals surface area contributed by atoms with Crippen molar-refractivity contribution in [2.75, 3.05) is 0 Å². The van der Waals surface area contributed by atoms with Gasteiger partial charge in [0.25, 0.3) is 0 Å². The molecule has 0 radical (unpaired) electrons. The molecule has 0 saturated carbocycles. The Morgan fingerprint density at radius 3 is 2.92 bits per heavy atom. The molecule has 0 amide bonds. The lowest BCUT2D eigenvalue weighted by Crippen LogP contribution is -1.88. The third-order valence-electron chi connectivity index (χ3n) is 1.94. The van der Waals surface area contributed by atoms with E-state index in [0.717, 1.165) is 12.1 Å². The quantitative estimate of drug-likeness (QED) is 0.649. The summed E-state index contributed by atoms with van der Waals surface area (Å²) in [7, 11) is 0. The summed E-state index contributed by atoms with van der Waals surface area (Å²) >= 11 is 0. The molecule has 12 heavy (non-hydrogen) atoms. The van der Waals surface area contributed by atoms with Crippen molar-refractivity contribution in [1.82, 2.24) is 4.98 Å². The van der Waals surface area contributed by atoms with Crippen molar-refractivity contribution in [1.29, 1.82) is 0 Å². The summed E-state index contributed by atoms with van der Waals surface area (Å²) in [5.41, 5.74) is 3.70. The molecule has 0 aliphatic heterocycles. The molecule has 64 valence electrons. The van der Waals surface area contributed by atoms with Gasteiger partial charge in [0, 0.05) is 11.9 Å². The minimum Gasteiger partial charge on any atom is -0.261 e. The van der Waals surface area contributed by atoms with Crippen LogP contribution < -0.4 is 0 Å². The zero-order valence-electron chi connectivity index (χ0n) is 7.96. The van der Waals surface area contributed by atoms with Crippen molar-refractivity contribution >= 4 is 5.57 Å². The van der Waals surface area contributed by atoms with Gasteiger partial charge >= 0.3 is 0 Å². The van der Waals surface area contributed by atoms with E-state index in [-0.39, 0.29) is 0 Å². The first-order valence-electron chi connectivity index (χ1n) is 4.34. The number of hydrogen-bond acceptors (Lipinski definition) is 1. The van der Waals surface area contributed by atoms with E-state index < -0.39 is 0 Å². The number of aromatic nitrogens is 1. The molecule has 0 spiro atoms. The molecule has 0 aliphatic rings. The highest BCUT2D eigenvalue weighted by Gasteiger charge is 1.98. The normalized spacial score (nSPS) is 11.8. The topological polar surface area (TPSA) is 12.9 Å². The third-order valence-corrected chi connectivity index (χ3v) is 1.94. The molecule has 0 aliphatic carbocycles. The van der Waals surface area contributed by atoms with E-state index in [2.05, 4.69) is 31.0 Å². The second kappa shape index (κ2) is 4.05. The predicted octanol–water partition coefficient (Wildman–Crippen LogP) is 3.20. The van der Waals surface area contributed by atoms with Crippen LogP contribution in [0.15, 0.2) is 24.4 Å². The molecule has 1 heteroatoms. The molecule has 1 aromatic rings. The van der Waals surface area contributed by atoms with Gasteiger partial charge in [-0.1, -0.05) is 19.1 Å². The smallest absolute Gasteiger partial charge is 0.0447 e. The minimum absolute atomic E-state index is 1.08. The standard InChI is InChI=1S/C11H15N/c1-4-6-9(2)11-7-5-8-12-10(11)3/h5-8H,4H2,1-3H3/b9-6-. The van der Waals surface area contributed by atoms with Crippen molar-refractivity contribution in [2.24, 2.45) is 0 Å². The molecule has 0 saturated heterocycles. The van der Waals surface area contributed by atoms with Crippen LogP contribution in [0.1, 0.15) is 31.5 Å². The van der Waals surface area contributed by atoms with E-state index in [1.165, 1.54) is 11.1 Å². The average Bonchev–Trinajstić information content (AvgIpc) is 2.05. The van der Waals surface area contributed by atoms with Gasteiger partial charge in [0.1, 0.15) is 0 Å². The average molecular weight is 161 g/mol. The van der Waals surface area contributed by atoms with Crippen LogP contribution in [-0.4, -0.2) is 4.98 Å². The molecule has 0 unspecified atom stereocenters. The van der Waals surface area contributed by atoms with Gasteiger partial charge in [-0.25, -0.2) is 0 Å². The number of pyridine rings is 1. The lowest BCUT2D eigenvalue weighted by Gasteiger charge is -2.03. The summed E-state index contributed by atoms with van der Waals surface area (Å²) in [6.45, 7) is 6.32. The van der Waals surface area contributed by atoms with E-state index in [1.54, 1.807) is 0 Å². The largest absolute Gasteiger partial charge is 0.261 e. The minimum atomic E-state index is 1.08. The van der Waals surface area contributed by atoms with Crippen molar-refractivity contribution in [3.05, 3.63) is 35.7 Å². The van der Waals surface area contributed by atoms with Gasteiger partial charge in [0.05, 0.1) is 0 Å². The number of rotatable bonds is 2. The Hall–Kier alpha value is -1.11. The Labute approximate surface area is 74.2 Å². The maximum atomic E-state index is 4.24. The number of aryl methyl sites for hydroxylation is 1. The Bertz CT molecular complexity index is 287. The molecule has 1 rings (SSSR count). The highest BCUT2D eigenvalue weighted by atomic mass is 14.7. The Kier molecular flexibility index (Phi) is 3.03. The van der Waals surface area contributed by atoms with Crippen molar-refractivity contribution in [3.63, 3.8) is 0 Å². The van der Waals surface area contributed by atoms with Gasteiger partial charge in [-0.15, -0.1) is 0 Å². The predicted molar refractivity (Wildman–Crippen MR) is 52.9 cm³/mol. The molecular weight excluding hydrogens is 146 g/mol. The van der Waals surface area contributed by atoms with Crippen molar-refractivity contribution < 1.29 is 0 Å². The fourth-order valence-corrected chi connectivity index (χ4v) is 1.32. The van der Waals surface area contributed by atoms with Crippen molar-refractivity contribution in [3.8, 4) is 0 Å². The SMILES string of the molecule is CC/C=C(/C)c1cccnc1C. The maximum absolute atomic E-state index is 4.24. The highest BCUT2D eigenvalue weighted by Crippen LogP contribution is 2.16.